The van der Waals surface area contributed by atoms with E-state index in [4.69, 9.17) is 11.6 Å². The Hall–Kier alpha value is -0.650. The van der Waals surface area contributed by atoms with Crippen molar-refractivity contribution in [2.45, 2.75) is 30.0 Å². The average Bonchev–Trinajstić information content (AvgIpc) is 2.39. The Kier molecular flexibility index (Phi) is 4.48. The molecule has 0 saturated carbocycles. The minimum absolute atomic E-state index is 0.0184. The minimum atomic E-state index is -3.58. The average molecular weight is 306 g/mol. The molecular weight excluding hydrogens is 289 g/mol. The summed E-state index contributed by atoms with van der Waals surface area (Å²) >= 11 is 6.04. The molecule has 19 heavy (non-hydrogen) atoms. The van der Waals surface area contributed by atoms with Gasteiger partial charge in [-0.1, -0.05) is 6.07 Å². The molecule has 0 bridgehead atoms. The standard InChI is InChI=1S/C13H17ClFNO2S/c1-10(14)11-5-7-16(8-6-11)19(17,18)13-4-2-3-12(15)9-13/h2-4,9-11H,5-8H2,1H3. The summed E-state index contributed by atoms with van der Waals surface area (Å²) in [7, 11) is -3.58. The largest absolute Gasteiger partial charge is 0.243 e. The van der Waals surface area contributed by atoms with Gasteiger partial charge in [0.25, 0.3) is 0 Å². The van der Waals surface area contributed by atoms with Gasteiger partial charge in [0.15, 0.2) is 0 Å². The zero-order valence-electron chi connectivity index (χ0n) is 10.7. The molecule has 1 unspecified atom stereocenters. The first-order chi connectivity index (χ1) is 8.91. The molecule has 0 N–H and O–H groups in total. The smallest absolute Gasteiger partial charge is 0.207 e. The number of sulfonamides is 1. The Balaban J connectivity index is 2.14. The molecule has 1 heterocycles. The van der Waals surface area contributed by atoms with Gasteiger partial charge in [0, 0.05) is 18.5 Å². The number of nitrogens with zero attached hydrogens (tertiary/aromatic N) is 1. The molecule has 1 aliphatic heterocycles. The SMILES string of the molecule is CC(Cl)C1CCN(S(=O)(=O)c2cccc(F)c2)CC1. The van der Waals surface area contributed by atoms with Gasteiger partial charge in [-0.3, -0.25) is 0 Å². The van der Waals surface area contributed by atoms with Crippen molar-refractivity contribution in [3.63, 3.8) is 0 Å². The number of piperidine rings is 1. The summed E-state index contributed by atoms with van der Waals surface area (Å²) in [4.78, 5) is 0.0184. The molecule has 1 aromatic carbocycles. The van der Waals surface area contributed by atoms with Crippen LogP contribution < -0.4 is 0 Å². The number of rotatable bonds is 3. The van der Waals surface area contributed by atoms with E-state index < -0.39 is 15.8 Å². The van der Waals surface area contributed by atoms with Crippen LogP contribution in [0.5, 0.6) is 0 Å². The molecule has 106 valence electrons. The molecule has 3 nitrogen and oxygen atoms in total. The van der Waals surface area contributed by atoms with Crippen LogP contribution in [0.2, 0.25) is 0 Å². The number of alkyl halides is 1. The Morgan fingerprint density at radius 1 is 1.37 bits per heavy atom. The molecule has 0 amide bonds. The van der Waals surface area contributed by atoms with E-state index in [-0.39, 0.29) is 10.3 Å². The fraction of sp³-hybridized carbons (Fsp3) is 0.538. The van der Waals surface area contributed by atoms with Gasteiger partial charge in [-0.25, -0.2) is 12.8 Å². The van der Waals surface area contributed by atoms with Crippen molar-refractivity contribution in [1.82, 2.24) is 4.31 Å². The molecule has 2 rings (SSSR count). The van der Waals surface area contributed by atoms with Gasteiger partial charge in [-0.2, -0.15) is 4.31 Å². The molecule has 0 aliphatic carbocycles. The maximum atomic E-state index is 13.1. The molecular formula is C13H17ClFNO2S. The minimum Gasteiger partial charge on any atom is -0.207 e. The molecule has 0 radical (unpaired) electrons. The summed E-state index contributed by atoms with van der Waals surface area (Å²) in [5.41, 5.74) is 0. The van der Waals surface area contributed by atoms with Crippen molar-refractivity contribution in [3.8, 4) is 0 Å². The van der Waals surface area contributed by atoms with Gasteiger partial charge in [-0.05, 0) is 43.9 Å². The lowest BCUT2D eigenvalue weighted by molar-refractivity contribution is 0.271. The van der Waals surface area contributed by atoms with Crippen LogP contribution >= 0.6 is 11.6 Å². The summed E-state index contributed by atoms with van der Waals surface area (Å²) in [5.74, 6) is -0.189. The fourth-order valence-electron chi connectivity index (χ4n) is 2.35. The van der Waals surface area contributed by atoms with E-state index in [9.17, 15) is 12.8 Å². The van der Waals surface area contributed by atoms with Crippen molar-refractivity contribution in [2.75, 3.05) is 13.1 Å². The Bertz CT molecular complexity index is 539. The van der Waals surface area contributed by atoms with Crippen molar-refractivity contribution >= 4 is 21.6 Å². The summed E-state index contributed by atoms with van der Waals surface area (Å²) in [6, 6.07) is 5.14. The molecule has 6 heteroatoms. The van der Waals surface area contributed by atoms with E-state index in [1.807, 2.05) is 6.92 Å². The summed E-state index contributed by atoms with van der Waals surface area (Å²) in [5, 5.41) is 0.0547. The van der Waals surface area contributed by atoms with E-state index in [2.05, 4.69) is 0 Å². The van der Waals surface area contributed by atoms with E-state index in [1.54, 1.807) is 0 Å². The lowest BCUT2D eigenvalue weighted by Crippen LogP contribution is -2.39. The molecule has 1 atom stereocenters. The number of benzene rings is 1. The molecule has 0 spiro atoms. The summed E-state index contributed by atoms with van der Waals surface area (Å²) in [6.45, 7) is 2.82. The van der Waals surface area contributed by atoms with Gasteiger partial charge in [0.1, 0.15) is 5.82 Å². The van der Waals surface area contributed by atoms with Crippen molar-refractivity contribution in [2.24, 2.45) is 5.92 Å². The number of halogens is 2. The van der Waals surface area contributed by atoms with Crippen LogP contribution in [-0.4, -0.2) is 31.2 Å². The van der Waals surface area contributed by atoms with Gasteiger partial charge in [0.2, 0.25) is 10.0 Å². The predicted octanol–water partition coefficient (Wildman–Crippen LogP) is 2.85. The highest BCUT2D eigenvalue weighted by Gasteiger charge is 2.30. The molecule has 1 fully saturated rings. The van der Waals surface area contributed by atoms with E-state index in [0.717, 1.165) is 18.9 Å². The first kappa shape index (κ1) is 14.8. The highest BCUT2D eigenvalue weighted by Crippen LogP contribution is 2.27. The fourth-order valence-corrected chi connectivity index (χ4v) is 4.11. The number of hydrogen-bond acceptors (Lipinski definition) is 2. The van der Waals surface area contributed by atoms with E-state index in [0.29, 0.717) is 19.0 Å². The van der Waals surface area contributed by atoms with Crippen molar-refractivity contribution in [3.05, 3.63) is 30.1 Å². The third kappa shape index (κ3) is 3.27. The van der Waals surface area contributed by atoms with Crippen LogP contribution in [0.1, 0.15) is 19.8 Å². The Morgan fingerprint density at radius 3 is 2.53 bits per heavy atom. The number of hydrogen-bond donors (Lipinski definition) is 0. The normalized spacial score (nSPS) is 20.4. The van der Waals surface area contributed by atoms with Gasteiger partial charge in [-0.15, -0.1) is 11.6 Å². The van der Waals surface area contributed by atoms with Crippen molar-refractivity contribution < 1.29 is 12.8 Å². The van der Waals surface area contributed by atoms with Crippen LogP contribution in [0.25, 0.3) is 0 Å². The Morgan fingerprint density at radius 2 is 2.00 bits per heavy atom. The molecule has 1 aliphatic rings. The van der Waals surface area contributed by atoms with Crippen molar-refractivity contribution in [1.29, 1.82) is 0 Å². The lowest BCUT2D eigenvalue weighted by atomic mass is 9.95. The zero-order valence-corrected chi connectivity index (χ0v) is 12.3. The molecule has 0 aromatic heterocycles. The maximum Gasteiger partial charge on any atom is 0.243 e. The second kappa shape index (κ2) is 5.77. The van der Waals surface area contributed by atoms with Crippen LogP contribution in [0, 0.1) is 11.7 Å². The molecule has 1 saturated heterocycles. The zero-order chi connectivity index (χ0) is 14.0. The molecule has 1 aromatic rings. The topological polar surface area (TPSA) is 37.4 Å². The monoisotopic (exact) mass is 305 g/mol. The maximum absolute atomic E-state index is 13.1. The van der Waals surface area contributed by atoms with Gasteiger partial charge < -0.3 is 0 Å². The first-order valence-corrected chi connectivity index (χ1v) is 8.18. The predicted molar refractivity (Wildman–Crippen MR) is 73.2 cm³/mol. The van der Waals surface area contributed by atoms with E-state index >= 15 is 0 Å². The summed E-state index contributed by atoms with van der Waals surface area (Å²) in [6.07, 6.45) is 1.50. The lowest BCUT2D eigenvalue weighted by Gasteiger charge is -2.32. The van der Waals surface area contributed by atoms with Crippen LogP contribution in [0.15, 0.2) is 29.2 Å². The highest BCUT2D eigenvalue weighted by atomic mass is 35.5. The summed E-state index contributed by atoms with van der Waals surface area (Å²) < 4.78 is 39.2. The second-order valence-corrected chi connectivity index (χ2v) is 7.50. The third-order valence-corrected chi connectivity index (χ3v) is 5.83. The van der Waals surface area contributed by atoms with Gasteiger partial charge >= 0.3 is 0 Å². The highest BCUT2D eigenvalue weighted by molar-refractivity contribution is 7.89. The second-order valence-electron chi connectivity index (χ2n) is 4.88. The van der Waals surface area contributed by atoms with Crippen LogP contribution in [-0.2, 0) is 10.0 Å². The van der Waals surface area contributed by atoms with Crippen LogP contribution in [0.4, 0.5) is 4.39 Å². The first-order valence-electron chi connectivity index (χ1n) is 6.31. The third-order valence-electron chi connectivity index (χ3n) is 3.58. The van der Waals surface area contributed by atoms with Crippen LogP contribution in [0.3, 0.4) is 0 Å². The Labute approximate surface area is 118 Å². The quantitative estimate of drug-likeness (QED) is 0.805. The van der Waals surface area contributed by atoms with E-state index in [1.165, 1.54) is 22.5 Å². The van der Waals surface area contributed by atoms with Gasteiger partial charge in [0.05, 0.1) is 4.90 Å².